The Balaban J connectivity index is 2.36. The van der Waals surface area contributed by atoms with E-state index in [4.69, 9.17) is 5.73 Å². The number of nitrogens with two attached hydrogens (primary N) is 1. The molecule has 0 aliphatic heterocycles. The molecule has 0 aromatic heterocycles. The van der Waals surface area contributed by atoms with Crippen molar-refractivity contribution in [3.63, 3.8) is 0 Å². The molecule has 13 heavy (non-hydrogen) atoms. The molecule has 1 fully saturated rings. The summed E-state index contributed by atoms with van der Waals surface area (Å²) in [5, 5.41) is 0. The lowest BCUT2D eigenvalue weighted by Gasteiger charge is -2.38. The van der Waals surface area contributed by atoms with E-state index in [1.807, 2.05) is 0 Å². The number of benzene rings is 1. The Morgan fingerprint density at radius 1 is 1.38 bits per heavy atom. The van der Waals surface area contributed by atoms with Crippen LogP contribution < -0.4 is 5.73 Å². The highest BCUT2D eigenvalue weighted by Crippen LogP contribution is 2.39. The van der Waals surface area contributed by atoms with Gasteiger partial charge in [-0.1, -0.05) is 12.1 Å². The van der Waals surface area contributed by atoms with Crippen molar-refractivity contribution >= 4 is 22.6 Å². The van der Waals surface area contributed by atoms with E-state index in [0.717, 1.165) is 12.8 Å². The van der Waals surface area contributed by atoms with Gasteiger partial charge in [0.05, 0.1) is 0 Å². The summed E-state index contributed by atoms with van der Waals surface area (Å²) in [6.45, 7) is 2.15. The molecule has 0 heterocycles. The Labute approximate surface area is 92.9 Å². The summed E-state index contributed by atoms with van der Waals surface area (Å²) in [4.78, 5) is 0. The molecule has 1 aromatic rings. The minimum Gasteiger partial charge on any atom is -0.321 e. The molecule has 1 saturated carbocycles. The highest BCUT2D eigenvalue weighted by Gasteiger charge is 2.34. The molecule has 0 unspecified atom stereocenters. The molecule has 0 amide bonds. The van der Waals surface area contributed by atoms with Gasteiger partial charge in [-0.3, -0.25) is 0 Å². The average molecular weight is 287 g/mol. The van der Waals surface area contributed by atoms with Crippen LogP contribution in [-0.2, 0) is 5.54 Å². The molecule has 1 aliphatic carbocycles. The summed E-state index contributed by atoms with van der Waals surface area (Å²) >= 11 is 2.36. The van der Waals surface area contributed by atoms with Crippen molar-refractivity contribution in [1.29, 1.82) is 0 Å². The van der Waals surface area contributed by atoms with Crippen molar-refractivity contribution < 1.29 is 0 Å². The van der Waals surface area contributed by atoms with Gasteiger partial charge in [0.15, 0.2) is 0 Å². The molecule has 1 aromatic carbocycles. The van der Waals surface area contributed by atoms with Gasteiger partial charge in [0.1, 0.15) is 0 Å². The Bertz CT molecular complexity index is 329. The number of aryl methyl sites for hydroxylation is 1. The van der Waals surface area contributed by atoms with Crippen LogP contribution in [0.3, 0.4) is 0 Å². The first kappa shape index (κ1) is 9.46. The van der Waals surface area contributed by atoms with E-state index < -0.39 is 0 Å². The molecule has 0 radical (unpaired) electrons. The third-order valence-electron chi connectivity index (χ3n) is 2.98. The van der Waals surface area contributed by atoms with Gasteiger partial charge in [0.25, 0.3) is 0 Å². The Morgan fingerprint density at radius 2 is 2.08 bits per heavy atom. The number of hydrogen-bond acceptors (Lipinski definition) is 1. The van der Waals surface area contributed by atoms with E-state index >= 15 is 0 Å². The standard InChI is InChI=1S/C11H14IN/c1-8-7-9(3-4-10(8)12)11(13)5-2-6-11/h3-4,7H,2,5-6,13H2,1H3. The van der Waals surface area contributed by atoms with Gasteiger partial charge in [0, 0.05) is 9.11 Å². The molecular weight excluding hydrogens is 273 g/mol. The molecule has 0 bridgehead atoms. The average Bonchev–Trinajstić information content (AvgIpc) is 2.06. The number of hydrogen-bond donors (Lipinski definition) is 1. The second kappa shape index (κ2) is 3.24. The highest BCUT2D eigenvalue weighted by atomic mass is 127. The monoisotopic (exact) mass is 287 g/mol. The lowest BCUT2D eigenvalue weighted by atomic mass is 9.72. The second-order valence-electron chi connectivity index (χ2n) is 3.97. The summed E-state index contributed by atoms with van der Waals surface area (Å²) in [7, 11) is 0. The number of rotatable bonds is 1. The zero-order valence-electron chi connectivity index (χ0n) is 7.81. The van der Waals surface area contributed by atoms with Crippen molar-refractivity contribution in [2.75, 3.05) is 0 Å². The van der Waals surface area contributed by atoms with Gasteiger partial charge in [0.2, 0.25) is 0 Å². The smallest absolute Gasteiger partial charge is 0.0409 e. The van der Waals surface area contributed by atoms with Crippen LogP contribution in [0.25, 0.3) is 0 Å². The summed E-state index contributed by atoms with van der Waals surface area (Å²) in [6.07, 6.45) is 3.57. The van der Waals surface area contributed by atoms with Crippen molar-refractivity contribution in [3.05, 3.63) is 32.9 Å². The predicted octanol–water partition coefficient (Wildman–Crippen LogP) is 2.94. The van der Waals surface area contributed by atoms with Crippen LogP contribution in [0, 0.1) is 10.5 Å². The molecule has 70 valence electrons. The van der Waals surface area contributed by atoms with Gasteiger partial charge in [-0.25, -0.2) is 0 Å². The van der Waals surface area contributed by atoms with Gasteiger partial charge in [-0.2, -0.15) is 0 Å². The summed E-state index contributed by atoms with van der Waals surface area (Å²) < 4.78 is 1.32. The third kappa shape index (κ3) is 1.62. The van der Waals surface area contributed by atoms with Crippen molar-refractivity contribution in [2.45, 2.75) is 31.7 Å². The zero-order chi connectivity index (χ0) is 9.47. The first-order valence-electron chi connectivity index (χ1n) is 4.67. The highest BCUT2D eigenvalue weighted by molar-refractivity contribution is 14.1. The molecule has 1 aliphatic rings. The predicted molar refractivity (Wildman–Crippen MR) is 63.6 cm³/mol. The van der Waals surface area contributed by atoms with Gasteiger partial charge < -0.3 is 5.73 Å². The molecule has 2 rings (SSSR count). The molecule has 0 saturated heterocycles. The van der Waals surface area contributed by atoms with Crippen LogP contribution >= 0.6 is 22.6 Å². The quantitative estimate of drug-likeness (QED) is 0.790. The van der Waals surface area contributed by atoms with E-state index in [1.165, 1.54) is 21.1 Å². The molecule has 2 heteroatoms. The van der Waals surface area contributed by atoms with Crippen LogP contribution in [0.2, 0.25) is 0 Å². The fourth-order valence-corrected chi connectivity index (χ4v) is 2.14. The van der Waals surface area contributed by atoms with Crippen LogP contribution in [0.15, 0.2) is 18.2 Å². The first-order valence-corrected chi connectivity index (χ1v) is 5.75. The van der Waals surface area contributed by atoms with Crippen molar-refractivity contribution in [3.8, 4) is 0 Å². The Hall–Kier alpha value is -0.0900. The first-order chi connectivity index (χ1) is 6.12. The molecule has 2 N–H and O–H groups in total. The lowest BCUT2D eigenvalue weighted by Crippen LogP contribution is -2.43. The van der Waals surface area contributed by atoms with E-state index in [1.54, 1.807) is 0 Å². The maximum absolute atomic E-state index is 6.24. The SMILES string of the molecule is Cc1cc(C2(N)CCC2)ccc1I. The molecule has 1 nitrogen and oxygen atoms in total. The Morgan fingerprint density at radius 3 is 2.54 bits per heavy atom. The summed E-state index contributed by atoms with van der Waals surface area (Å²) in [6, 6.07) is 6.58. The summed E-state index contributed by atoms with van der Waals surface area (Å²) in [5.41, 5.74) is 8.89. The fourth-order valence-electron chi connectivity index (χ4n) is 1.80. The summed E-state index contributed by atoms with van der Waals surface area (Å²) in [5.74, 6) is 0. The molecular formula is C11H14IN. The normalized spacial score (nSPS) is 19.6. The van der Waals surface area contributed by atoms with Gasteiger partial charge in [-0.05, 0) is 66.0 Å². The van der Waals surface area contributed by atoms with Crippen LogP contribution in [0.4, 0.5) is 0 Å². The fraction of sp³-hybridized carbons (Fsp3) is 0.455. The second-order valence-corrected chi connectivity index (χ2v) is 5.14. The minimum atomic E-state index is -0.00486. The van der Waals surface area contributed by atoms with E-state index in [0.29, 0.717) is 0 Å². The zero-order valence-corrected chi connectivity index (χ0v) is 9.97. The van der Waals surface area contributed by atoms with Crippen molar-refractivity contribution in [1.82, 2.24) is 0 Å². The lowest BCUT2D eigenvalue weighted by molar-refractivity contribution is 0.253. The maximum Gasteiger partial charge on any atom is 0.0409 e. The van der Waals surface area contributed by atoms with E-state index in [9.17, 15) is 0 Å². The van der Waals surface area contributed by atoms with Crippen molar-refractivity contribution in [2.24, 2.45) is 5.73 Å². The van der Waals surface area contributed by atoms with Crippen LogP contribution in [0.5, 0.6) is 0 Å². The van der Waals surface area contributed by atoms with E-state index in [2.05, 4.69) is 47.7 Å². The number of halogens is 1. The molecule has 0 atom stereocenters. The van der Waals surface area contributed by atoms with Crippen LogP contribution in [-0.4, -0.2) is 0 Å². The Kier molecular flexibility index (Phi) is 2.36. The van der Waals surface area contributed by atoms with Gasteiger partial charge >= 0.3 is 0 Å². The minimum absolute atomic E-state index is 0.00486. The largest absolute Gasteiger partial charge is 0.321 e. The molecule has 0 spiro atoms. The van der Waals surface area contributed by atoms with Gasteiger partial charge in [-0.15, -0.1) is 0 Å². The third-order valence-corrected chi connectivity index (χ3v) is 4.19. The topological polar surface area (TPSA) is 26.0 Å². The van der Waals surface area contributed by atoms with Crippen LogP contribution in [0.1, 0.15) is 30.4 Å². The maximum atomic E-state index is 6.24. The van der Waals surface area contributed by atoms with E-state index in [-0.39, 0.29) is 5.54 Å².